The second-order valence-electron chi connectivity index (χ2n) is 3.99. The summed E-state index contributed by atoms with van der Waals surface area (Å²) in [7, 11) is 0. The Morgan fingerprint density at radius 1 is 1.47 bits per heavy atom. The highest BCUT2D eigenvalue weighted by Crippen LogP contribution is 2.17. The average Bonchev–Trinajstić information content (AvgIpc) is 2.82. The second kappa shape index (κ2) is 6.33. The standard InChI is InChI=1S/C14H16N2O2S/c1-3-18-11-5-4-7-15-13(11)14(17)16-9-12-10(2)6-8-19-12/h4-8H,3,9H2,1-2H3,(H,16,17). The van der Waals surface area contributed by atoms with Crippen molar-refractivity contribution in [2.45, 2.75) is 20.4 Å². The number of ether oxygens (including phenoxy) is 1. The van der Waals surface area contributed by atoms with Crippen molar-refractivity contribution in [2.75, 3.05) is 6.61 Å². The minimum atomic E-state index is -0.211. The van der Waals surface area contributed by atoms with E-state index in [9.17, 15) is 4.79 Å². The van der Waals surface area contributed by atoms with Gasteiger partial charge in [-0.25, -0.2) is 4.98 Å². The molecule has 0 atom stereocenters. The second-order valence-corrected chi connectivity index (χ2v) is 4.99. The third kappa shape index (κ3) is 3.32. The zero-order chi connectivity index (χ0) is 13.7. The van der Waals surface area contributed by atoms with Crippen LogP contribution in [0.5, 0.6) is 5.75 Å². The molecule has 0 fully saturated rings. The largest absolute Gasteiger partial charge is 0.491 e. The molecule has 0 bridgehead atoms. The average molecular weight is 276 g/mol. The zero-order valence-electron chi connectivity index (χ0n) is 11.0. The summed E-state index contributed by atoms with van der Waals surface area (Å²) in [5, 5.41) is 4.89. The number of rotatable bonds is 5. The Hall–Kier alpha value is -1.88. The fraction of sp³-hybridized carbons (Fsp3) is 0.286. The van der Waals surface area contributed by atoms with Crippen LogP contribution in [0.3, 0.4) is 0 Å². The van der Waals surface area contributed by atoms with E-state index in [1.54, 1.807) is 29.7 Å². The van der Waals surface area contributed by atoms with E-state index in [1.807, 2.05) is 25.3 Å². The van der Waals surface area contributed by atoms with Crippen LogP contribution in [-0.2, 0) is 6.54 Å². The first-order chi connectivity index (χ1) is 9.22. The summed E-state index contributed by atoms with van der Waals surface area (Å²) in [5.74, 6) is 0.308. The number of aromatic nitrogens is 1. The van der Waals surface area contributed by atoms with Crippen molar-refractivity contribution in [3.8, 4) is 5.75 Å². The molecule has 1 N–H and O–H groups in total. The molecule has 2 rings (SSSR count). The van der Waals surface area contributed by atoms with E-state index in [4.69, 9.17) is 4.74 Å². The molecule has 2 aromatic rings. The van der Waals surface area contributed by atoms with Gasteiger partial charge in [-0.15, -0.1) is 11.3 Å². The van der Waals surface area contributed by atoms with Gasteiger partial charge in [0, 0.05) is 11.1 Å². The van der Waals surface area contributed by atoms with Crippen LogP contribution < -0.4 is 10.1 Å². The highest BCUT2D eigenvalue weighted by molar-refractivity contribution is 7.10. The smallest absolute Gasteiger partial charge is 0.274 e. The van der Waals surface area contributed by atoms with Crippen molar-refractivity contribution >= 4 is 17.2 Å². The highest BCUT2D eigenvalue weighted by atomic mass is 32.1. The van der Waals surface area contributed by atoms with Crippen molar-refractivity contribution in [1.82, 2.24) is 10.3 Å². The van der Waals surface area contributed by atoms with Gasteiger partial charge in [0.15, 0.2) is 11.4 Å². The predicted octanol–water partition coefficient (Wildman–Crippen LogP) is 2.78. The van der Waals surface area contributed by atoms with Gasteiger partial charge in [-0.05, 0) is 43.0 Å². The van der Waals surface area contributed by atoms with Gasteiger partial charge in [-0.3, -0.25) is 4.79 Å². The molecule has 4 nitrogen and oxygen atoms in total. The van der Waals surface area contributed by atoms with Gasteiger partial charge >= 0.3 is 0 Å². The van der Waals surface area contributed by atoms with E-state index in [0.29, 0.717) is 24.6 Å². The first kappa shape index (κ1) is 13.5. The van der Waals surface area contributed by atoms with Crippen molar-refractivity contribution in [2.24, 2.45) is 0 Å². The molecule has 0 aliphatic rings. The number of carbonyl (C=O) groups excluding carboxylic acids is 1. The lowest BCUT2D eigenvalue weighted by atomic mass is 10.2. The molecule has 0 saturated carbocycles. The third-order valence-electron chi connectivity index (χ3n) is 2.66. The van der Waals surface area contributed by atoms with Crippen LogP contribution in [0, 0.1) is 6.92 Å². The monoisotopic (exact) mass is 276 g/mol. The van der Waals surface area contributed by atoms with Crippen LogP contribution in [0.2, 0.25) is 0 Å². The molecule has 2 heterocycles. The van der Waals surface area contributed by atoms with Gasteiger partial charge in [0.25, 0.3) is 5.91 Å². The van der Waals surface area contributed by atoms with Crippen LogP contribution in [0.1, 0.15) is 27.9 Å². The molecule has 0 aromatic carbocycles. The van der Waals surface area contributed by atoms with E-state index < -0.39 is 0 Å². The van der Waals surface area contributed by atoms with Crippen LogP contribution in [0.25, 0.3) is 0 Å². The number of nitrogens with one attached hydrogen (secondary N) is 1. The Labute approximate surface area is 116 Å². The van der Waals surface area contributed by atoms with Gasteiger partial charge in [0.2, 0.25) is 0 Å². The Morgan fingerprint density at radius 3 is 3.00 bits per heavy atom. The van der Waals surface area contributed by atoms with E-state index in [1.165, 1.54) is 5.56 Å². The van der Waals surface area contributed by atoms with Crippen molar-refractivity contribution in [3.05, 3.63) is 45.9 Å². The summed E-state index contributed by atoms with van der Waals surface area (Å²) >= 11 is 1.63. The topological polar surface area (TPSA) is 51.2 Å². The zero-order valence-corrected chi connectivity index (χ0v) is 11.8. The first-order valence-corrected chi connectivity index (χ1v) is 6.99. The molecular weight excluding hydrogens is 260 g/mol. The molecule has 2 aromatic heterocycles. The van der Waals surface area contributed by atoms with Crippen LogP contribution in [0.4, 0.5) is 0 Å². The third-order valence-corrected chi connectivity index (χ3v) is 3.69. The summed E-state index contributed by atoms with van der Waals surface area (Å²) in [5.41, 5.74) is 1.52. The molecule has 1 amide bonds. The SMILES string of the molecule is CCOc1cccnc1C(=O)NCc1sccc1C. The number of carbonyl (C=O) groups is 1. The number of hydrogen-bond acceptors (Lipinski definition) is 4. The molecule has 0 aliphatic heterocycles. The Morgan fingerprint density at radius 2 is 2.32 bits per heavy atom. The maximum absolute atomic E-state index is 12.1. The highest BCUT2D eigenvalue weighted by Gasteiger charge is 2.13. The number of amides is 1. The molecule has 100 valence electrons. The lowest BCUT2D eigenvalue weighted by molar-refractivity contribution is 0.0942. The summed E-state index contributed by atoms with van der Waals surface area (Å²) in [6.45, 7) is 4.94. The summed E-state index contributed by atoms with van der Waals surface area (Å²) in [4.78, 5) is 17.3. The van der Waals surface area contributed by atoms with Gasteiger partial charge in [-0.1, -0.05) is 0 Å². The molecule has 0 aliphatic carbocycles. The minimum Gasteiger partial charge on any atom is -0.491 e. The van der Waals surface area contributed by atoms with Gasteiger partial charge in [-0.2, -0.15) is 0 Å². The Kier molecular flexibility index (Phi) is 4.52. The number of thiophene rings is 1. The normalized spacial score (nSPS) is 10.2. The molecule has 0 spiro atoms. The molecular formula is C14H16N2O2S. The number of hydrogen-bond donors (Lipinski definition) is 1. The lowest BCUT2D eigenvalue weighted by Crippen LogP contribution is -2.24. The van der Waals surface area contributed by atoms with Crippen LogP contribution in [-0.4, -0.2) is 17.5 Å². The van der Waals surface area contributed by atoms with Gasteiger partial charge in [0.1, 0.15) is 0 Å². The van der Waals surface area contributed by atoms with Gasteiger partial charge < -0.3 is 10.1 Å². The Balaban J connectivity index is 2.06. The maximum atomic E-state index is 12.1. The molecule has 0 saturated heterocycles. The summed E-state index contributed by atoms with van der Waals surface area (Å²) in [6.07, 6.45) is 1.59. The van der Waals surface area contributed by atoms with Crippen molar-refractivity contribution in [1.29, 1.82) is 0 Å². The predicted molar refractivity (Wildman–Crippen MR) is 75.6 cm³/mol. The fourth-order valence-corrected chi connectivity index (χ4v) is 2.51. The van der Waals surface area contributed by atoms with E-state index in [2.05, 4.69) is 10.3 Å². The summed E-state index contributed by atoms with van der Waals surface area (Å²) in [6, 6.07) is 5.55. The molecule has 0 radical (unpaired) electrons. The maximum Gasteiger partial charge on any atom is 0.274 e. The van der Waals surface area contributed by atoms with E-state index >= 15 is 0 Å². The first-order valence-electron chi connectivity index (χ1n) is 6.11. The van der Waals surface area contributed by atoms with Crippen LogP contribution in [0.15, 0.2) is 29.8 Å². The number of pyridine rings is 1. The number of nitrogens with zero attached hydrogens (tertiary/aromatic N) is 1. The van der Waals surface area contributed by atoms with Crippen molar-refractivity contribution in [3.63, 3.8) is 0 Å². The number of aryl methyl sites for hydroxylation is 1. The fourth-order valence-electron chi connectivity index (χ4n) is 1.66. The van der Waals surface area contributed by atoms with E-state index in [0.717, 1.165) is 4.88 Å². The molecule has 5 heteroatoms. The molecule has 19 heavy (non-hydrogen) atoms. The lowest BCUT2D eigenvalue weighted by Gasteiger charge is -2.09. The van der Waals surface area contributed by atoms with E-state index in [-0.39, 0.29) is 5.91 Å². The Bertz CT molecular complexity index is 566. The van der Waals surface area contributed by atoms with Crippen molar-refractivity contribution < 1.29 is 9.53 Å². The minimum absolute atomic E-state index is 0.211. The summed E-state index contributed by atoms with van der Waals surface area (Å²) < 4.78 is 5.40. The quantitative estimate of drug-likeness (QED) is 0.913. The van der Waals surface area contributed by atoms with Crippen LogP contribution >= 0.6 is 11.3 Å². The molecule has 0 unspecified atom stereocenters. The van der Waals surface area contributed by atoms with Gasteiger partial charge in [0.05, 0.1) is 13.2 Å².